The Bertz CT molecular complexity index is 1160. The fourth-order valence-electron chi connectivity index (χ4n) is 2.59. The van der Waals surface area contributed by atoms with E-state index in [9.17, 15) is 13.2 Å². The molecule has 0 atom stereocenters. The van der Waals surface area contributed by atoms with Crippen LogP contribution in [0, 0.1) is 6.92 Å². The van der Waals surface area contributed by atoms with Crippen molar-refractivity contribution in [3.63, 3.8) is 0 Å². The van der Waals surface area contributed by atoms with Gasteiger partial charge >= 0.3 is 5.97 Å². The molecule has 156 valence electrons. The molecule has 0 radical (unpaired) electrons. The first kappa shape index (κ1) is 21.6. The van der Waals surface area contributed by atoms with Crippen LogP contribution < -0.4 is 9.46 Å². The normalized spacial score (nSPS) is 11.0. The molecule has 7 nitrogen and oxygen atoms in total. The van der Waals surface area contributed by atoms with Crippen molar-refractivity contribution >= 4 is 33.3 Å². The molecule has 0 bridgehead atoms. The molecule has 0 aliphatic heterocycles. The van der Waals surface area contributed by atoms with E-state index in [1.165, 1.54) is 36.4 Å². The lowest BCUT2D eigenvalue weighted by Crippen LogP contribution is -2.12. The molecular formula is C21H19ClN2O5S. The quantitative estimate of drug-likeness (QED) is 0.523. The van der Waals surface area contributed by atoms with Crippen LogP contribution in [0.2, 0.25) is 5.02 Å². The van der Waals surface area contributed by atoms with Crippen molar-refractivity contribution < 1.29 is 22.7 Å². The van der Waals surface area contributed by atoms with Gasteiger partial charge in [-0.05, 0) is 56.3 Å². The summed E-state index contributed by atoms with van der Waals surface area (Å²) in [6.45, 7) is 3.71. The maximum atomic E-state index is 12.5. The van der Waals surface area contributed by atoms with Crippen LogP contribution in [-0.2, 0) is 14.8 Å². The van der Waals surface area contributed by atoms with E-state index in [1.54, 1.807) is 38.1 Å². The topological polar surface area (TPSA) is 94.6 Å². The molecule has 3 aromatic rings. The number of anilines is 1. The Balaban J connectivity index is 1.81. The van der Waals surface area contributed by atoms with Gasteiger partial charge in [-0.2, -0.15) is 0 Å². The number of aryl methyl sites for hydroxylation is 1. The number of nitrogens with zero attached hydrogens (tertiary/aromatic N) is 1. The number of sulfonamides is 1. The van der Waals surface area contributed by atoms with Gasteiger partial charge in [-0.3, -0.25) is 4.72 Å². The first-order chi connectivity index (χ1) is 14.3. The molecule has 1 heterocycles. The average molecular weight is 447 g/mol. The van der Waals surface area contributed by atoms with Gasteiger partial charge < -0.3 is 9.47 Å². The zero-order valence-corrected chi connectivity index (χ0v) is 17.8. The first-order valence-electron chi connectivity index (χ1n) is 8.99. The van der Waals surface area contributed by atoms with Gasteiger partial charge in [0.05, 0.1) is 22.8 Å². The monoisotopic (exact) mass is 446 g/mol. The molecule has 0 saturated heterocycles. The highest BCUT2D eigenvalue weighted by molar-refractivity contribution is 7.92. The van der Waals surface area contributed by atoms with Crippen LogP contribution in [0.5, 0.6) is 11.6 Å². The van der Waals surface area contributed by atoms with E-state index in [-0.39, 0.29) is 17.4 Å². The summed E-state index contributed by atoms with van der Waals surface area (Å²) in [6, 6.07) is 15.3. The van der Waals surface area contributed by atoms with Crippen LogP contribution in [0.3, 0.4) is 0 Å². The van der Waals surface area contributed by atoms with Crippen LogP contribution in [0.25, 0.3) is 0 Å². The molecule has 3 rings (SSSR count). The third kappa shape index (κ3) is 5.49. The third-order valence-corrected chi connectivity index (χ3v) is 5.52. The summed E-state index contributed by atoms with van der Waals surface area (Å²) >= 11 is 5.81. The van der Waals surface area contributed by atoms with Crippen molar-refractivity contribution in [2.24, 2.45) is 0 Å². The van der Waals surface area contributed by atoms with Gasteiger partial charge in [0.15, 0.2) is 0 Å². The minimum Gasteiger partial charge on any atom is -0.462 e. The average Bonchev–Trinajstić information content (AvgIpc) is 2.68. The summed E-state index contributed by atoms with van der Waals surface area (Å²) in [5.41, 5.74) is 1.20. The Morgan fingerprint density at radius 2 is 1.83 bits per heavy atom. The molecule has 0 saturated carbocycles. The van der Waals surface area contributed by atoms with Crippen LogP contribution in [0.4, 0.5) is 5.69 Å². The third-order valence-electron chi connectivity index (χ3n) is 3.87. The molecule has 1 aromatic heterocycles. The summed E-state index contributed by atoms with van der Waals surface area (Å²) in [4.78, 5) is 16.3. The molecule has 0 aliphatic carbocycles. The van der Waals surface area contributed by atoms with E-state index in [4.69, 9.17) is 21.1 Å². The van der Waals surface area contributed by atoms with Crippen molar-refractivity contribution in [3.05, 3.63) is 76.9 Å². The van der Waals surface area contributed by atoms with Crippen LogP contribution in [-0.4, -0.2) is 26.0 Å². The van der Waals surface area contributed by atoms with Crippen molar-refractivity contribution in [2.45, 2.75) is 18.7 Å². The predicted octanol–water partition coefficient (Wildman–Crippen LogP) is 4.81. The molecule has 9 heteroatoms. The fraction of sp³-hybridized carbons (Fsp3) is 0.143. The Hall–Kier alpha value is -3.10. The van der Waals surface area contributed by atoms with Crippen molar-refractivity contribution in [2.75, 3.05) is 11.3 Å². The lowest BCUT2D eigenvalue weighted by Gasteiger charge is -2.11. The van der Waals surface area contributed by atoms with Crippen molar-refractivity contribution in [1.29, 1.82) is 0 Å². The van der Waals surface area contributed by atoms with E-state index in [1.807, 2.05) is 0 Å². The number of halogens is 1. The second-order valence-corrected chi connectivity index (χ2v) is 8.36. The number of ether oxygens (including phenoxy) is 2. The summed E-state index contributed by atoms with van der Waals surface area (Å²) in [5.74, 6) is 0.0623. The second-order valence-electron chi connectivity index (χ2n) is 6.25. The summed E-state index contributed by atoms with van der Waals surface area (Å²) in [7, 11) is -3.79. The summed E-state index contributed by atoms with van der Waals surface area (Å²) < 4.78 is 38.3. The van der Waals surface area contributed by atoms with Gasteiger partial charge in [0.2, 0.25) is 5.88 Å². The zero-order chi connectivity index (χ0) is 21.7. The van der Waals surface area contributed by atoms with Crippen LogP contribution in [0.1, 0.15) is 23.0 Å². The maximum absolute atomic E-state index is 12.5. The number of aromatic nitrogens is 1. The second kappa shape index (κ2) is 9.15. The summed E-state index contributed by atoms with van der Waals surface area (Å²) in [5, 5.41) is 0.442. The molecule has 1 N–H and O–H groups in total. The number of carbonyl (C=O) groups excluding carboxylic acids is 1. The number of hydrogen-bond acceptors (Lipinski definition) is 6. The van der Waals surface area contributed by atoms with Gasteiger partial charge in [-0.25, -0.2) is 18.2 Å². The molecule has 0 spiro atoms. The predicted molar refractivity (Wildman–Crippen MR) is 114 cm³/mol. The molecular weight excluding hydrogens is 428 g/mol. The van der Waals surface area contributed by atoms with Gasteiger partial charge in [-0.1, -0.05) is 17.7 Å². The molecule has 0 fully saturated rings. The first-order valence-corrected chi connectivity index (χ1v) is 10.8. The number of nitrogens with one attached hydrogen (secondary N) is 1. The fourth-order valence-corrected chi connectivity index (χ4v) is 3.77. The van der Waals surface area contributed by atoms with E-state index in [2.05, 4.69) is 9.71 Å². The van der Waals surface area contributed by atoms with E-state index < -0.39 is 16.0 Å². The standard InChI is InChI=1S/C21H19ClN2O5S/c1-3-28-21(25)15-11-14(2)23-20(12-15)29-18-6-4-5-17(13-18)24-30(26,27)19-9-7-16(22)8-10-19/h4-13,24H,3H2,1-2H3. The molecule has 0 aliphatic rings. The van der Waals surface area contributed by atoms with E-state index in [0.717, 1.165) is 0 Å². The Morgan fingerprint density at radius 3 is 2.53 bits per heavy atom. The number of esters is 1. The van der Waals surface area contributed by atoms with Crippen molar-refractivity contribution in [3.8, 4) is 11.6 Å². The molecule has 0 unspecified atom stereocenters. The van der Waals surface area contributed by atoms with Gasteiger partial charge in [-0.15, -0.1) is 0 Å². The van der Waals surface area contributed by atoms with Crippen LogP contribution >= 0.6 is 11.6 Å². The minimum atomic E-state index is -3.79. The Morgan fingerprint density at radius 1 is 1.10 bits per heavy atom. The Labute approximate surface area is 179 Å². The maximum Gasteiger partial charge on any atom is 0.338 e. The highest BCUT2D eigenvalue weighted by Crippen LogP contribution is 2.26. The number of benzene rings is 2. The van der Waals surface area contributed by atoms with E-state index >= 15 is 0 Å². The number of carbonyl (C=O) groups is 1. The summed E-state index contributed by atoms with van der Waals surface area (Å²) in [6.07, 6.45) is 0. The number of pyridine rings is 1. The number of hydrogen-bond donors (Lipinski definition) is 1. The van der Waals surface area contributed by atoms with Gasteiger partial charge in [0, 0.05) is 22.8 Å². The lowest BCUT2D eigenvalue weighted by atomic mass is 10.2. The molecule has 0 amide bonds. The van der Waals surface area contributed by atoms with E-state index in [0.29, 0.717) is 27.7 Å². The zero-order valence-electron chi connectivity index (χ0n) is 16.3. The van der Waals surface area contributed by atoms with Gasteiger partial charge in [0.25, 0.3) is 10.0 Å². The smallest absolute Gasteiger partial charge is 0.338 e. The SMILES string of the molecule is CCOC(=O)c1cc(C)nc(Oc2cccc(NS(=O)(=O)c3ccc(Cl)cc3)c2)c1. The Kier molecular flexibility index (Phi) is 6.59. The highest BCUT2D eigenvalue weighted by atomic mass is 35.5. The molecule has 30 heavy (non-hydrogen) atoms. The van der Waals surface area contributed by atoms with Crippen LogP contribution in [0.15, 0.2) is 65.6 Å². The lowest BCUT2D eigenvalue weighted by molar-refractivity contribution is 0.0525. The highest BCUT2D eigenvalue weighted by Gasteiger charge is 2.15. The van der Waals surface area contributed by atoms with Crippen molar-refractivity contribution in [1.82, 2.24) is 4.98 Å². The van der Waals surface area contributed by atoms with Gasteiger partial charge in [0.1, 0.15) is 5.75 Å². The molecule has 2 aromatic carbocycles. The minimum absolute atomic E-state index is 0.0812. The largest absolute Gasteiger partial charge is 0.462 e. The number of rotatable bonds is 7.